The second-order valence-corrected chi connectivity index (χ2v) is 5.72. The molecule has 0 radical (unpaired) electrons. The number of carbonyl (C=O) groups excluding carboxylic acids is 1. The van der Waals surface area contributed by atoms with Crippen molar-refractivity contribution in [3.63, 3.8) is 0 Å². The van der Waals surface area contributed by atoms with Gasteiger partial charge in [0.15, 0.2) is 0 Å². The van der Waals surface area contributed by atoms with Crippen molar-refractivity contribution in [3.8, 4) is 0 Å². The highest BCUT2D eigenvalue weighted by molar-refractivity contribution is 5.93. The van der Waals surface area contributed by atoms with Crippen molar-refractivity contribution in [2.75, 3.05) is 10.6 Å². The summed E-state index contributed by atoms with van der Waals surface area (Å²) in [7, 11) is 0. The van der Waals surface area contributed by atoms with Gasteiger partial charge in [-0.05, 0) is 42.7 Å². The van der Waals surface area contributed by atoms with Gasteiger partial charge in [0.05, 0.1) is 4.92 Å². The van der Waals surface area contributed by atoms with Crippen LogP contribution in [0.2, 0.25) is 0 Å². The summed E-state index contributed by atoms with van der Waals surface area (Å²) in [5.41, 5.74) is 2.30. The minimum absolute atomic E-state index is 0.00295. The Morgan fingerprint density at radius 1 is 1.29 bits per heavy atom. The van der Waals surface area contributed by atoms with E-state index in [1.807, 2.05) is 25.1 Å². The van der Waals surface area contributed by atoms with Crippen LogP contribution in [-0.4, -0.2) is 10.8 Å². The highest BCUT2D eigenvalue weighted by atomic mass is 19.1. The quantitative estimate of drug-likeness (QED) is 0.660. The lowest BCUT2D eigenvalue weighted by molar-refractivity contribution is -0.386. The molecule has 1 heterocycles. The zero-order valence-electron chi connectivity index (χ0n) is 13.0. The van der Waals surface area contributed by atoms with Crippen molar-refractivity contribution in [1.82, 2.24) is 0 Å². The Kier molecular flexibility index (Phi) is 4.16. The van der Waals surface area contributed by atoms with E-state index in [9.17, 15) is 19.3 Å². The van der Waals surface area contributed by atoms with E-state index in [1.165, 1.54) is 12.1 Å². The summed E-state index contributed by atoms with van der Waals surface area (Å²) in [5, 5.41) is 16.9. The fourth-order valence-corrected chi connectivity index (χ4v) is 2.81. The molecule has 3 rings (SSSR count). The Bertz CT molecular complexity index is 823. The summed E-state index contributed by atoms with van der Waals surface area (Å²) in [5.74, 6) is -0.873. The standard InChI is InChI=1S/C17H16FN3O3/c1-10(19-15-4-2-3-13(18)17(15)21(23)24)11-5-7-14-12(9-11)6-8-16(22)20-14/h2-5,7,9-10,19H,6,8H2,1H3,(H,20,22)/t10-/m0/s1. The molecule has 0 saturated carbocycles. The summed E-state index contributed by atoms with van der Waals surface area (Å²) in [6, 6.07) is 9.34. The number of nitrogens with one attached hydrogen (secondary N) is 2. The van der Waals surface area contributed by atoms with E-state index >= 15 is 0 Å². The third-order valence-corrected chi connectivity index (χ3v) is 4.07. The summed E-state index contributed by atoms with van der Waals surface area (Å²) in [4.78, 5) is 21.7. The van der Waals surface area contributed by atoms with Crippen molar-refractivity contribution in [3.05, 3.63) is 63.5 Å². The van der Waals surface area contributed by atoms with Crippen molar-refractivity contribution in [2.45, 2.75) is 25.8 Å². The zero-order chi connectivity index (χ0) is 17.3. The Balaban J connectivity index is 1.86. The number of hydrogen-bond donors (Lipinski definition) is 2. The molecule has 1 amide bonds. The SMILES string of the molecule is C[C@H](Nc1cccc(F)c1[N+](=O)[O-])c1ccc2c(c1)CCC(=O)N2. The molecule has 0 aliphatic carbocycles. The average Bonchev–Trinajstić information content (AvgIpc) is 2.54. The number of nitro groups is 1. The minimum atomic E-state index is -0.870. The number of aryl methyl sites for hydroxylation is 1. The number of carbonyl (C=O) groups is 1. The van der Waals surface area contributed by atoms with E-state index in [0.717, 1.165) is 22.9 Å². The molecule has 6 nitrogen and oxygen atoms in total. The van der Waals surface area contributed by atoms with E-state index in [4.69, 9.17) is 0 Å². The van der Waals surface area contributed by atoms with Crippen LogP contribution >= 0.6 is 0 Å². The molecule has 24 heavy (non-hydrogen) atoms. The molecular weight excluding hydrogens is 313 g/mol. The molecule has 0 fully saturated rings. The number of nitro benzene ring substituents is 1. The maximum atomic E-state index is 13.7. The number of amides is 1. The summed E-state index contributed by atoms with van der Waals surface area (Å²) < 4.78 is 13.7. The fraction of sp³-hybridized carbons (Fsp3) is 0.235. The maximum Gasteiger partial charge on any atom is 0.327 e. The van der Waals surface area contributed by atoms with E-state index in [1.54, 1.807) is 0 Å². The van der Waals surface area contributed by atoms with E-state index in [0.29, 0.717) is 12.8 Å². The number of anilines is 2. The molecule has 2 aromatic carbocycles. The van der Waals surface area contributed by atoms with Gasteiger partial charge < -0.3 is 10.6 Å². The second-order valence-electron chi connectivity index (χ2n) is 5.72. The van der Waals surface area contributed by atoms with Gasteiger partial charge in [-0.1, -0.05) is 18.2 Å². The predicted octanol–water partition coefficient (Wildman–Crippen LogP) is 3.79. The van der Waals surface area contributed by atoms with Gasteiger partial charge in [-0.25, -0.2) is 0 Å². The van der Waals surface area contributed by atoms with Crippen LogP contribution in [0.1, 0.15) is 30.5 Å². The summed E-state index contributed by atoms with van der Waals surface area (Å²) >= 11 is 0. The van der Waals surface area contributed by atoms with Crippen LogP contribution in [0.3, 0.4) is 0 Å². The van der Waals surface area contributed by atoms with Crippen LogP contribution in [0.15, 0.2) is 36.4 Å². The molecule has 0 spiro atoms. The number of hydrogen-bond acceptors (Lipinski definition) is 4. The Labute approximate surface area is 137 Å². The lowest BCUT2D eigenvalue weighted by atomic mass is 9.97. The van der Waals surface area contributed by atoms with Gasteiger partial charge in [-0.2, -0.15) is 4.39 Å². The van der Waals surface area contributed by atoms with E-state index < -0.39 is 16.4 Å². The van der Waals surface area contributed by atoms with Crippen LogP contribution < -0.4 is 10.6 Å². The molecular formula is C17H16FN3O3. The van der Waals surface area contributed by atoms with Crippen LogP contribution in [0, 0.1) is 15.9 Å². The van der Waals surface area contributed by atoms with Gasteiger partial charge in [0.1, 0.15) is 5.69 Å². The molecule has 1 atom stereocenters. The number of para-hydroxylation sites is 1. The number of rotatable bonds is 4. The van der Waals surface area contributed by atoms with Gasteiger partial charge in [0, 0.05) is 18.2 Å². The molecule has 0 saturated heterocycles. The van der Waals surface area contributed by atoms with E-state index in [-0.39, 0.29) is 17.6 Å². The first-order valence-electron chi connectivity index (χ1n) is 7.58. The van der Waals surface area contributed by atoms with Gasteiger partial charge in [-0.3, -0.25) is 14.9 Å². The van der Waals surface area contributed by atoms with Gasteiger partial charge in [0.25, 0.3) is 0 Å². The largest absolute Gasteiger partial charge is 0.373 e. The molecule has 1 aliphatic heterocycles. The van der Waals surface area contributed by atoms with Crippen molar-refractivity contribution in [2.24, 2.45) is 0 Å². The van der Waals surface area contributed by atoms with Crippen LogP contribution in [0.5, 0.6) is 0 Å². The van der Waals surface area contributed by atoms with Crippen LogP contribution in [-0.2, 0) is 11.2 Å². The van der Waals surface area contributed by atoms with Crippen molar-refractivity contribution < 1.29 is 14.1 Å². The van der Waals surface area contributed by atoms with Crippen LogP contribution in [0.25, 0.3) is 0 Å². The number of fused-ring (bicyclic) bond motifs is 1. The second kappa shape index (κ2) is 6.27. The number of nitrogens with zero attached hydrogens (tertiary/aromatic N) is 1. The average molecular weight is 329 g/mol. The molecule has 1 aliphatic rings. The highest BCUT2D eigenvalue weighted by Gasteiger charge is 2.22. The molecule has 124 valence electrons. The number of halogens is 1. The Hall–Kier alpha value is -2.96. The van der Waals surface area contributed by atoms with Gasteiger partial charge in [0.2, 0.25) is 11.7 Å². The first-order chi connectivity index (χ1) is 11.5. The molecule has 2 N–H and O–H groups in total. The molecule has 0 bridgehead atoms. The Morgan fingerprint density at radius 3 is 2.83 bits per heavy atom. The van der Waals surface area contributed by atoms with E-state index in [2.05, 4.69) is 10.6 Å². The van der Waals surface area contributed by atoms with Crippen molar-refractivity contribution in [1.29, 1.82) is 0 Å². The lowest BCUT2D eigenvalue weighted by Crippen LogP contribution is -2.19. The normalized spacial score (nSPS) is 14.5. The molecule has 0 aromatic heterocycles. The summed E-state index contributed by atoms with van der Waals surface area (Å²) in [6.45, 7) is 1.85. The highest BCUT2D eigenvalue weighted by Crippen LogP contribution is 2.32. The van der Waals surface area contributed by atoms with Gasteiger partial charge >= 0.3 is 5.69 Å². The molecule has 2 aromatic rings. The lowest BCUT2D eigenvalue weighted by Gasteiger charge is -2.21. The molecule has 0 unspecified atom stereocenters. The van der Waals surface area contributed by atoms with Gasteiger partial charge in [-0.15, -0.1) is 0 Å². The third kappa shape index (κ3) is 3.05. The number of benzene rings is 2. The zero-order valence-corrected chi connectivity index (χ0v) is 13.0. The van der Waals surface area contributed by atoms with Crippen LogP contribution in [0.4, 0.5) is 21.5 Å². The maximum absolute atomic E-state index is 13.7. The van der Waals surface area contributed by atoms with Crippen molar-refractivity contribution >= 4 is 23.0 Å². The Morgan fingerprint density at radius 2 is 2.08 bits per heavy atom. The third-order valence-electron chi connectivity index (χ3n) is 4.07. The topological polar surface area (TPSA) is 84.3 Å². The monoisotopic (exact) mass is 329 g/mol. The summed E-state index contributed by atoms with van der Waals surface area (Å²) in [6.07, 6.45) is 1.09. The first kappa shape index (κ1) is 15.9. The predicted molar refractivity (Wildman–Crippen MR) is 88.5 cm³/mol. The smallest absolute Gasteiger partial charge is 0.327 e. The minimum Gasteiger partial charge on any atom is -0.373 e. The molecule has 7 heteroatoms. The fourth-order valence-electron chi connectivity index (χ4n) is 2.81. The first-order valence-corrected chi connectivity index (χ1v) is 7.58.